The number of anilines is 2. The Kier molecular flexibility index (Phi) is 4.67. The van der Waals surface area contributed by atoms with Crippen LogP contribution in [0.5, 0.6) is 17.4 Å². The first kappa shape index (κ1) is 17.6. The van der Waals surface area contributed by atoms with E-state index in [0.29, 0.717) is 17.4 Å². The van der Waals surface area contributed by atoms with Crippen molar-refractivity contribution in [1.82, 2.24) is 19.6 Å². The van der Waals surface area contributed by atoms with E-state index >= 15 is 0 Å². The van der Waals surface area contributed by atoms with Crippen LogP contribution in [0.25, 0.3) is 16.9 Å². The Hall–Kier alpha value is -3.81. The van der Waals surface area contributed by atoms with Crippen molar-refractivity contribution in [2.75, 3.05) is 26.6 Å². The first-order valence-corrected chi connectivity index (χ1v) is 8.56. The number of pyridine rings is 1. The quantitative estimate of drug-likeness (QED) is 0.550. The van der Waals surface area contributed by atoms with Crippen LogP contribution in [0.15, 0.2) is 54.9 Å². The monoisotopic (exact) mass is 377 g/mol. The smallest absolute Gasteiger partial charge is 0.212 e. The lowest BCUT2D eigenvalue weighted by molar-refractivity contribution is 0.355. The largest absolute Gasteiger partial charge is 0.493 e. The molecule has 28 heavy (non-hydrogen) atoms. The van der Waals surface area contributed by atoms with Crippen LogP contribution in [0.2, 0.25) is 0 Å². The summed E-state index contributed by atoms with van der Waals surface area (Å²) in [7, 11) is 4.80. The standard InChI is InChI=1S/C20H19N5O3/c1-26-16-7-5-14(10-17(16)27-2)23-19-12-21-18-8-6-15(24-25(18)19)13-4-9-20(28-3)22-11-13/h4-12,23H,1-3H3. The van der Waals surface area contributed by atoms with E-state index in [1.165, 1.54) is 0 Å². The molecule has 3 aromatic heterocycles. The third-order valence-corrected chi connectivity index (χ3v) is 4.26. The van der Waals surface area contributed by atoms with Crippen LogP contribution in [-0.2, 0) is 0 Å². The normalized spacial score (nSPS) is 10.7. The number of aromatic nitrogens is 4. The topological polar surface area (TPSA) is 82.8 Å². The van der Waals surface area contributed by atoms with Gasteiger partial charge in [0.2, 0.25) is 5.88 Å². The van der Waals surface area contributed by atoms with Gasteiger partial charge in [0.05, 0.1) is 33.2 Å². The van der Waals surface area contributed by atoms with Crippen molar-refractivity contribution in [3.8, 4) is 28.6 Å². The molecule has 4 rings (SSSR count). The molecule has 0 aliphatic carbocycles. The fraction of sp³-hybridized carbons (Fsp3) is 0.150. The molecule has 0 fully saturated rings. The van der Waals surface area contributed by atoms with Gasteiger partial charge in [0.25, 0.3) is 0 Å². The van der Waals surface area contributed by atoms with Crippen LogP contribution in [-0.4, -0.2) is 40.9 Å². The van der Waals surface area contributed by atoms with Gasteiger partial charge in [-0.25, -0.2) is 9.97 Å². The zero-order valence-corrected chi connectivity index (χ0v) is 15.7. The molecule has 1 aromatic carbocycles. The van der Waals surface area contributed by atoms with Crippen molar-refractivity contribution in [1.29, 1.82) is 0 Å². The van der Waals surface area contributed by atoms with E-state index < -0.39 is 0 Å². The SMILES string of the molecule is COc1ccc(-c2ccc3ncc(Nc4ccc(OC)c(OC)c4)n3n2)cn1. The van der Waals surface area contributed by atoms with E-state index in [-0.39, 0.29) is 0 Å². The Balaban J connectivity index is 1.68. The summed E-state index contributed by atoms with van der Waals surface area (Å²) in [6, 6.07) is 13.1. The molecule has 0 spiro atoms. The molecule has 0 saturated carbocycles. The number of hydrogen-bond donors (Lipinski definition) is 1. The number of nitrogens with one attached hydrogen (secondary N) is 1. The summed E-state index contributed by atoms with van der Waals surface area (Å²) in [5.74, 6) is 2.59. The summed E-state index contributed by atoms with van der Waals surface area (Å²) < 4.78 is 17.5. The van der Waals surface area contributed by atoms with E-state index in [1.807, 2.05) is 36.4 Å². The second-order valence-electron chi connectivity index (χ2n) is 5.92. The molecule has 1 N–H and O–H groups in total. The van der Waals surface area contributed by atoms with Gasteiger partial charge >= 0.3 is 0 Å². The molecule has 0 atom stereocenters. The molecule has 0 bridgehead atoms. The minimum atomic E-state index is 0.559. The summed E-state index contributed by atoms with van der Waals surface area (Å²) >= 11 is 0. The van der Waals surface area contributed by atoms with Crippen molar-refractivity contribution in [2.45, 2.75) is 0 Å². The highest BCUT2D eigenvalue weighted by Crippen LogP contribution is 2.31. The number of fused-ring (bicyclic) bond motifs is 1. The Labute approximate surface area is 161 Å². The Bertz CT molecular complexity index is 1110. The molecule has 8 heteroatoms. The lowest BCUT2D eigenvalue weighted by atomic mass is 10.2. The third kappa shape index (κ3) is 3.27. The van der Waals surface area contributed by atoms with Gasteiger partial charge in [0, 0.05) is 29.6 Å². The zero-order chi connectivity index (χ0) is 19.5. The lowest BCUT2D eigenvalue weighted by Gasteiger charge is -2.11. The van der Waals surface area contributed by atoms with Gasteiger partial charge in [-0.05, 0) is 30.3 Å². The number of ether oxygens (including phenoxy) is 3. The Morgan fingerprint density at radius 2 is 1.68 bits per heavy atom. The van der Waals surface area contributed by atoms with Crippen LogP contribution in [0, 0.1) is 0 Å². The Morgan fingerprint density at radius 3 is 2.39 bits per heavy atom. The molecule has 0 amide bonds. The van der Waals surface area contributed by atoms with E-state index in [4.69, 9.17) is 14.2 Å². The van der Waals surface area contributed by atoms with Crippen LogP contribution in [0.4, 0.5) is 11.5 Å². The molecule has 0 aliphatic heterocycles. The van der Waals surface area contributed by atoms with Gasteiger partial charge in [-0.3, -0.25) is 0 Å². The summed E-state index contributed by atoms with van der Waals surface area (Å²) in [5, 5.41) is 8.00. The maximum atomic E-state index is 5.36. The third-order valence-electron chi connectivity index (χ3n) is 4.26. The molecule has 8 nitrogen and oxygen atoms in total. The van der Waals surface area contributed by atoms with E-state index in [9.17, 15) is 0 Å². The van der Waals surface area contributed by atoms with Crippen molar-refractivity contribution in [3.05, 3.63) is 54.9 Å². The van der Waals surface area contributed by atoms with Crippen molar-refractivity contribution < 1.29 is 14.2 Å². The van der Waals surface area contributed by atoms with Crippen molar-refractivity contribution in [2.24, 2.45) is 0 Å². The molecular weight excluding hydrogens is 358 g/mol. The second kappa shape index (κ2) is 7.43. The van der Waals surface area contributed by atoms with Gasteiger partial charge in [-0.2, -0.15) is 9.61 Å². The number of methoxy groups -OCH3 is 3. The number of imidazole rings is 1. The molecule has 4 aromatic rings. The number of rotatable bonds is 6. The number of benzene rings is 1. The minimum Gasteiger partial charge on any atom is -0.493 e. The number of hydrogen-bond acceptors (Lipinski definition) is 7. The van der Waals surface area contributed by atoms with E-state index in [2.05, 4.69) is 20.4 Å². The predicted molar refractivity (Wildman–Crippen MR) is 106 cm³/mol. The highest BCUT2D eigenvalue weighted by molar-refractivity contribution is 5.65. The maximum absolute atomic E-state index is 5.36. The van der Waals surface area contributed by atoms with Crippen LogP contribution in [0.1, 0.15) is 0 Å². The average molecular weight is 377 g/mol. The van der Waals surface area contributed by atoms with Crippen LogP contribution in [0.3, 0.4) is 0 Å². The summed E-state index contributed by atoms with van der Waals surface area (Å²) in [6.45, 7) is 0. The van der Waals surface area contributed by atoms with Gasteiger partial charge in [0.15, 0.2) is 23.0 Å². The lowest BCUT2D eigenvalue weighted by Crippen LogP contribution is -2.01. The van der Waals surface area contributed by atoms with Crippen molar-refractivity contribution in [3.63, 3.8) is 0 Å². The summed E-state index contributed by atoms with van der Waals surface area (Å²) in [4.78, 5) is 8.64. The highest BCUT2D eigenvalue weighted by atomic mass is 16.5. The molecule has 0 radical (unpaired) electrons. The molecule has 0 saturated heterocycles. The van der Waals surface area contributed by atoms with Gasteiger partial charge in [-0.1, -0.05) is 0 Å². The van der Waals surface area contributed by atoms with Crippen molar-refractivity contribution >= 4 is 17.2 Å². The molecule has 0 unspecified atom stereocenters. The predicted octanol–water partition coefficient (Wildman–Crippen LogP) is 3.56. The van der Waals surface area contributed by atoms with Crippen LogP contribution < -0.4 is 19.5 Å². The first-order chi connectivity index (χ1) is 13.7. The summed E-state index contributed by atoms with van der Waals surface area (Å²) in [6.07, 6.45) is 3.46. The number of nitrogens with zero attached hydrogens (tertiary/aromatic N) is 4. The zero-order valence-electron chi connectivity index (χ0n) is 15.7. The molecule has 0 aliphatic rings. The summed E-state index contributed by atoms with van der Waals surface area (Å²) in [5.41, 5.74) is 3.22. The minimum absolute atomic E-state index is 0.559. The fourth-order valence-electron chi connectivity index (χ4n) is 2.83. The van der Waals surface area contributed by atoms with E-state index in [1.54, 1.807) is 44.3 Å². The van der Waals surface area contributed by atoms with Crippen LogP contribution >= 0.6 is 0 Å². The average Bonchev–Trinajstić information content (AvgIpc) is 3.15. The highest BCUT2D eigenvalue weighted by Gasteiger charge is 2.10. The molecular formula is C20H19N5O3. The Morgan fingerprint density at radius 1 is 0.821 bits per heavy atom. The maximum Gasteiger partial charge on any atom is 0.212 e. The van der Waals surface area contributed by atoms with Gasteiger partial charge in [-0.15, -0.1) is 0 Å². The van der Waals surface area contributed by atoms with E-state index in [0.717, 1.165) is 28.4 Å². The molecule has 142 valence electrons. The van der Waals surface area contributed by atoms with Gasteiger partial charge in [0.1, 0.15) is 0 Å². The second-order valence-corrected chi connectivity index (χ2v) is 5.92. The first-order valence-electron chi connectivity index (χ1n) is 8.56. The molecule has 3 heterocycles. The fourth-order valence-corrected chi connectivity index (χ4v) is 2.83. The van der Waals surface area contributed by atoms with Gasteiger partial charge < -0.3 is 19.5 Å².